The fraction of sp³-hybridized carbons (Fsp3) is 0. The molecule has 1 heterocycles. The van der Waals surface area contributed by atoms with Gasteiger partial charge < -0.3 is 5.32 Å². The average molecular weight is 251 g/mol. The second-order valence-corrected chi connectivity index (χ2v) is 3.72. The van der Waals surface area contributed by atoms with Crippen molar-refractivity contribution in [1.29, 1.82) is 0 Å². The van der Waals surface area contributed by atoms with Gasteiger partial charge in [-0.2, -0.15) is 0 Å². The Morgan fingerprint density at radius 2 is 1.94 bits per heavy atom. The van der Waals surface area contributed by atoms with E-state index in [4.69, 9.17) is 11.6 Å². The van der Waals surface area contributed by atoms with Crippen molar-refractivity contribution in [2.24, 2.45) is 0 Å². The second-order valence-electron chi connectivity index (χ2n) is 3.33. The highest BCUT2D eigenvalue weighted by Crippen LogP contribution is 2.12. The number of benzene rings is 1. The van der Waals surface area contributed by atoms with Crippen LogP contribution in [0.25, 0.3) is 0 Å². The van der Waals surface area contributed by atoms with Crippen molar-refractivity contribution >= 4 is 23.2 Å². The number of carbonyl (C=O) groups excluding carboxylic acids is 1. The van der Waals surface area contributed by atoms with Gasteiger partial charge in [0.15, 0.2) is 0 Å². The third-order valence-electron chi connectivity index (χ3n) is 2.09. The summed E-state index contributed by atoms with van der Waals surface area (Å²) in [7, 11) is 0. The summed E-state index contributed by atoms with van der Waals surface area (Å²) in [6.07, 6.45) is 1.45. The highest BCUT2D eigenvalue weighted by Gasteiger charge is 2.06. The first-order valence-corrected chi connectivity index (χ1v) is 5.21. The van der Waals surface area contributed by atoms with Gasteiger partial charge >= 0.3 is 0 Å². The molecule has 0 fully saturated rings. The average Bonchev–Trinajstić information content (AvgIpc) is 2.32. The minimum absolute atomic E-state index is 0.247. The summed E-state index contributed by atoms with van der Waals surface area (Å²) in [5.74, 6) is -0.670. The third-order valence-corrected chi connectivity index (χ3v) is 2.30. The van der Waals surface area contributed by atoms with Crippen molar-refractivity contribution in [1.82, 2.24) is 4.98 Å². The molecule has 1 N–H and O–H groups in total. The Hall–Kier alpha value is -1.94. The summed E-state index contributed by atoms with van der Waals surface area (Å²) in [6, 6.07) is 8.52. The molecular weight excluding hydrogens is 243 g/mol. The lowest BCUT2D eigenvalue weighted by Crippen LogP contribution is -2.11. The minimum Gasteiger partial charge on any atom is -0.322 e. The van der Waals surface area contributed by atoms with Gasteiger partial charge in [-0.05, 0) is 36.4 Å². The summed E-state index contributed by atoms with van der Waals surface area (Å²) < 4.78 is 12.7. The lowest BCUT2D eigenvalue weighted by atomic mass is 10.2. The summed E-state index contributed by atoms with van der Waals surface area (Å²) in [5.41, 5.74) is 0.915. The molecule has 0 aliphatic rings. The molecule has 5 heteroatoms. The quantitative estimate of drug-likeness (QED) is 0.832. The van der Waals surface area contributed by atoms with Crippen molar-refractivity contribution in [3.8, 4) is 0 Å². The molecule has 0 saturated carbocycles. The zero-order valence-electron chi connectivity index (χ0n) is 8.65. The lowest BCUT2D eigenvalue weighted by Gasteiger charge is -2.04. The van der Waals surface area contributed by atoms with Crippen molar-refractivity contribution in [3.63, 3.8) is 0 Å². The first-order valence-electron chi connectivity index (χ1n) is 4.83. The van der Waals surface area contributed by atoms with Crippen LogP contribution in [0, 0.1) is 5.82 Å². The molecular formula is C12H8ClFN2O. The maximum Gasteiger partial charge on any atom is 0.255 e. The zero-order valence-corrected chi connectivity index (χ0v) is 9.41. The topological polar surface area (TPSA) is 42.0 Å². The number of halogens is 2. The van der Waals surface area contributed by atoms with E-state index >= 15 is 0 Å². The predicted octanol–water partition coefficient (Wildman–Crippen LogP) is 3.13. The van der Waals surface area contributed by atoms with E-state index in [-0.39, 0.29) is 16.9 Å². The molecule has 0 aliphatic carbocycles. The molecule has 0 saturated heterocycles. The summed E-state index contributed by atoms with van der Waals surface area (Å²) in [6.45, 7) is 0. The monoisotopic (exact) mass is 250 g/mol. The Kier molecular flexibility index (Phi) is 3.35. The van der Waals surface area contributed by atoms with E-state index < -0.39 is 0 Å². The van der Waals surface area contributed by atoms with Crippen LogP contribution in [0.4, 0.5) is 10.1 Å². The molecule has 17 heavy (non-hydrogen) atoms. The molecule has 86 valence electrons. The van der Waals surface area contributed by atoms with Crippen molar-refractivity contribution in [2.45, 2.75) is 0 Å². The van der Waals surface area contributed by atoms with E-state index in [2.05, 4.69) is 10.3 Å². The Morgan fingerprint density at radius 1 is 1.24 bits per heavy atom. The Labute approximate surface area is 102 Å². The van der Waals surface area contributed by atoms with Crippen molar-refractivity contribution in [2.75, 3.05) is 5.32 Å². The third kappa shape index (κ3) is 3.01. The van der Waals surface area contributed by atoms with Gasteiger partial charge in [-0.1, -0.05) is 11.6 Å². The molecule has 3 nitrogen and oxygen atoms in total. The largest absolute Gasteiger partial charge is 0.322 e. The van der Waals surface area contributed by atoms with Gasteiger partial charge in [0.05, 0.1) is 0 Å². The van der Waals surface area contributed by atoms with Crippen LogP contribution < -0.4 is 5.32 Å². The number of rotatable bonds is 2. The maximum atomic E-state index is 12.7. The number of hydrogen-bond donors (Lipinski definition) is 1. The van der Waals surface area contributed by atoms with E-state index in [0.29, 0.717) is 11.3 Å². The summed E-state index contributed by atoms with van der Waals surface area (Å²) in [5, 5.41) is 2.87. The minimum atomic E-state index is -0.352. The smallest absolute Gasteiger partial charge is 0.255 e. The molecule has 1 aromatic heterocycles. The van der Waals surface area contributed by atoms with Crippen LogP contribution >= 0.6 is 11.6 Å². The Balaban J connectivity index is 2.14. The van der Waals surface area contributed by atoms with E-state index in [9.17, 15) is 9.18 Å². The number of anilines is 1. The molecule has 0 bridgehead atoms. The molecule has 0 radical (unpaired) electrons. The van der Waals surface area contributed by atoms with E-state index in [1.54, 1.807) is 6.07 Å². The van der Waals surface area contributed by atoms with Gasteiger partial charge in [0.25, 0.3) is 5.91 Å². The van der Waals surface area contributed by atoms with Crippen molar-refractivity contribution < 1.29 is 9.18 Å². The molecule has 2 rings (SSSR count). The Bertz CT molecular complexity index is 542. The van der Waals surface area contributed by atoms with Crippen molar-refractivity contribution in [3.05, 3.63) is 59.1 Å². The van der Waals surface area contributed by atoms with Crippen LogP contribution in [0.15, 0.2) is 42.6 Å². The fourth-order valence-electron chi connectivity index (χ4n) is 1.28. The zero-order chi connectivity index (χ0) is 12.3. The Morgan fingerprint density at radius 3 is 2.59 bits per heavy atom. The van der Waals surface area contributed by atoms with Gasteiger partial charge in [0.1, 0.15) is 11.0 Å². The van der Waals surface area contributed by atoms with E-state index in [1.165, 1.54) is 36.5 Å². The highest BCUT2D eigenvalue weighted by molar-refractivity contribution is 6.29. The van der Waals surface area contributed by atoms with Gasteiger partial charge in [0.2, 0.25) is 0 Å². The molecule has 2 aromatic rings. The highest BCUT2D eigenvalue weighted by atomic mass is 35.5. The van der Waals surface area contributed by atoms with Crippen LogP contribution in [-0.2, 0) is 0 Å². The van der Waals surface area contributed by atoms with Crippen LogP contribution in [-0.4, -0.2) is 10.9 Å². The number of amides is 1. The molecule has 0 spiro atoms. The first kappa shape index (κ1) is 11.5. The number of carbonyl (C=O) groups is 1. The SMILES string of the molecule is O=C(Nc1ccc(F)cc1)c1ccnc(Cl)c1. The number of nitrogens with one attached hydrogen (secondary N) is 1. The molecule has 1 amide bonds. The van der Waals surface area contributed by atoms with Crippen LogP contribution in [0.1, 0.15) is 10.4 Å². The summed E-state index contributed by atoms with van der Waals surface area (Å²) >= 11 is 5.67. The summed E-state index contributed by atoms with van der Waals surface area (Å²) in [4.78, 5) is 15.5. The van der Waals surface area contributed by atoms with Gasteiger partial charge in [-0.15, -0.1) is 0 Å². The predicted molar refractivity (Wildman–Crippen MR) is 63.6 cm³/mol. The van der Waals surface area contributed by atoms with Crippen LogP contribution in [0.5, 0.6) is 0 Å². The van der Waals surface area contributed by atoms with Crippen LogP contribution in [0.2, 0.25) is 5.15 Å². The fourth-order valence-corrected chi connectivity index (χ4v) is 1.45. The molecule has 0 atom stereocenters. The normalized spacial score (nSPS) is 10.0. The molecule has 0 unspecified atom stereocenters. The number of pyridine rings is 1. The lowest BCUT2D eigenvalue weighted by molar-refractivity contribution is 0.102. The second kappa shape index (κ2) is 4.93. The number of aromatic nitrogens is 1. The number of nitrogens with zero attached hydrogens (tertiary/aromatic N) is 1. The van der Waals surface area contributed by atoms with Gasteiger partial charge in [-0.25, -0.2) is 9.37 Å². The maximum absolute atomic E-state index is 12.7. The van der Waals surface area contributed by atoms with Crippen LogP contribution in [0.3, 0.4) is 0 Å². The van der Waals surface area contributed by atoms with E-state index in [1.807, 2.05) is 0 Å². The number of hydrogen-bond acceptors (Lipinski definition) is 2. The first-order chi connectivity index (χ1) is 8.15. The molecule has 1 aromatic carbocycles. The van der Waals surface area contributed by atoms with Gasteiger partial charge in [0, 0.05) is 17.4 Å². The molecule has 0 aliphatic heterocycles. The van der Waals surface area contributed by atoms with Gasteiger partial charge in [-0.3, -0.25) is 4.79 Å². The van der Waals surface area contributed by atoms with E-state index in [0.717, 1.165) is 0 Å². The standard InChI is InChI=1S/C12H8ClFN2O/c13-11-7-8(5-6-15-11)12(17)16-10-3-1-9(14)2-4-10/h1-7H,(H,16,17).